The van der Waals surface area contributed by atoms with Gasteiger partial charge in [0.1, 0.15) is 0 Å². The first kappa shape index (κ1) is 11.6. The number of hydrogen-bond donors (Lipinski definition) is 2. The summed E-state index contributed by atoms with van der Waals surface area (Å²) in [6.07, 6.45) is 4.30. The molecule has 2 aliphatic rings. The highest BCUT2D eigenvalue weighted by atomic mass is 16.4. The number of hydrogen-bond acceptors (Lipinski definition) is 3. The van der Waals surface area contributed by atoms with E-state index in [1.165, 1.54) is 0 Å². The molecule has 0 radical (unpaired) electrons. The Labute approximate surface area is 95.6 Å². The van der Waals surface area contributed by atoms with Crippen LogP contribution in [-0.4, -0.2) is 45.3 Å². The van der Waals surface area contributed by atoms with E-state index < -0.39 is 11.7 Å². The second-order valence-corrected chi connectivity index (χ2v) is 4.87. The number of rotatable bonds is 5. The van der Waals surface area contributed by atoms with Crippen LogP contribution in [0.25, 0.3) is 0 Å². The highest BCUT2D eigenvalue weighted by Crippen LogP contribution is 2.36. The molecular formula is C12H19NO3. The molecule has 1 unspecified atom stereocenters. The van der Waals surface area contributed by atoms with Crippen LogP contribution in [-0.2, 0) is 4.79 Å². The van der Waals surface area contributed by atoms with Crippen molar-refractivity contribution in [3.63, 3.8) is 0 Å². The maximum Gasteiger partial charge on any atom is 0.254 e. The van der Waals surface area contributed by atoms with E-state index in [4.69, 9.17) is 0 Å². The Balaban J connectivity index is 2.00. The van der Waals surface area contributed by atoms with E-state index in [0.717, 1.165) is 19.3 Å². The standard InChI is InChI=1S/C12H19NO3/c1-2-8-13(9-4-5-9)11(15)10(14)12(16)6-3-7-12/h2,9-10,14,16H,1,3-8H2. The highest BCUT2D eigenvalue weighted by molar-refractivity contribution is 5.83. The molecule has 1 atom stereocenters. The molecule has 16 heavy (non-hydrogen) atoms. The van der Waals surface area contributed by atoms with Gasteiger partial charge >= 0.3 is 0 Å². The summed E-state index contributed by atoms with van der Waals surface area (Å²) in [5.74, 6) is -0.343. The van der Waals surface area contributed by atoms with Crippen LogP contribution in [0.15, 0.2) is 12.7 Å². The summed E-state index contributed by atoms with van der Waals surface area (Å²) in [5.41, 5.74) is -1.18. The van der Waals surface area contributed by atoms with Gasteiger partial charge in [-0.05, 0) is 32.1 Å². The lowest BCUT2D eigenvalue weighted by Crippen LogP contribution is -2.56. The molecule has 0 bridgehead atoms. The first-order valence-electron chi connectivity index (χ1n) is 5.90. The summed E-state index contributed by atoms with van der Waals surface area (Å²) >= 11 is 0. The zero-order chi connectivity index (χ0) is 11.8. The summed E-state index contributed by atoms with van der Waals surface area (Å²) in [4.78, 5) is 13.7. The average molecular weight is 225 g/mol. The van der Waals surface area contributed by atoms with Gasteiger partial charge in [0.15, 0.2) is 6.10 Å². The van der Waals surface area contributed by atoms with Gasteiger partial charge in [-0.2, -0.15) is 0 Å². The summed E-state index contributed by atoms with van der Waals surface area (Å²) in [6, 6.07) is 0.240. The third kappa shape index (κ3) is 1.99. The van der Waals surface area contributed by atoms with Crippen molar-refractivity contribution in [2.75, 3.05) is 6.54 Å². The largest absolute Gasteiger partial charge is 0.387 e. The molecule has 0 heterocycles. The summed E-state index contributed by atoms with van der Waals surface area (Å²) in [7, 11) is 0. The molecule has 0 aromatic heterocycles. The van der Waals surface area contributed by atoms with Crippen molar-refractivity contribution in [3.8, 4) is 0 Å². The second-order valence-electron chi connectivity index (χ2n) is 4.87. The van der Waals surface area contributed by atoms with Gasteiger partial charge in [0.2, 0.25) is 0 Å². The molecule has 0 aliphatic heterocycles. The molecule has 90 valence electrons. The lowest BCUT2D eigenvalue weighted by atomic mass is 9.75. The van der Waals surface area contributed by atoms with Gasteiger partial charge in [-0.1, -0.05) is 6.08 Å². The molecule has 2 saturated carbocycles. The van der Waals surface area contributed by atoms with Crippen molar-refractivity contribution in [3.05, 3.63) is 12.7 Å². The van der Waals surface area contributed by atoms with E-state index in [0.29, 0.717) is 19.4 Å². The average Bonchev–Trinajstić information content (AvgIpc) is 3.04. The van der Waals surface area contributed by atoms with E-state index in [2.05, 4.69) is 6.58 Å². The quantitative estimate of drug-likeness (QED) is 0.667. The Hall–Kier alpha value is -0.870. The van der Waals surface area contributed by atoms with E-state index in [9.17, 15) is 15.0 Å². The molecule has 1 amide bonds. The normalized spacial score (nSPS) is 24.4. The minimum atomic E-state index is -1.26. The van der Waals surface area contributed by atoms with E-state index in [1.54, 1.807) is 11.0 Å². The van der Waals surface area contributed by atoms with E-state index in [-0.39, 0.29) is 11.9 Å². The van der Waals surface area contributed by atoms with E-state index >= 15 is 0 Å². The van der Waals surface area contributed by atoms with Crippen molar-refractivity contribution in [1.82, 2.24) is 4.90 Å². The molecule has 4 heteroatoms. The number of carbonyl (C=O) groups is 1. The fraction of sp³-hybridized carbons (Fsp3) is 0.750. The van der Waals surface area contributed by atoms with Gasteiger partial charge in [-0.25, -0.2) is 0 Å². The summed E-state index contributed by atoms with van der Waals surface area (Å²) in [6.45, 7) is 4.07. The van der Waals surface area contributed by atoms with Gasteiger partial charge in [0, 0.05) is 12.6 Å². The van der Waals surface area contributed by atoms with Crippen LogP contribution in [0.2, 0.25) is 0 Å². The zero-order valence-corrected chi connectivity index (χ0v) is 9.43. The van der Waals surface area contributed by atoms with Crippen LogP contribution in [0.4, 0.5) is 0 Å². The number of amides is 1. The third-order valence-electron chi connectivity index (χ3n) is 3.56. The molecule has 2 rings (SSSR count). The predicted octanol–water partition coefficient (Wildman–Crippen LogP) is 0.439. The van der Waals surface area contributed by atoms with Crippen molar-refractivity contribution in [1.29, 1.82) is 0 Å². The predicted molar refractivity (Wildman–Crippen MR) is 59.7 cm³/mol. The van der Waals surface area contributed by atoms with Crippen LogP contribution in [0.1, 0.15) is 32.1 Å². The van der Waals surface area contributed by atoms with Gasteiger partial charge in [-0.3, -0.25) is 4.79 Å². The van der Waals surface area contributed by atoms with Crippen LogP contribution in [0.5, 0.6) is 0 Å². The maximum atomic E-state index is 12.0. The molecule has 2 N–H and O–H groups in total. The van der Waals surface area contributed by atoms with Gasteiger partial charge < -0.3 is 15.1 Å². The van der Waals surface area contributed by atoms with Crippen molar-refractivity contribution >= 4 is 5.91 Å². The van der Waals surface area contributed by atoms with Gasteiger partial charge in [0.25, 0.3) is 5.91 Å². The van der Waals surface area contributed by atoms with Crippen molar-refractivity contribution < 1.29 is 15.0 Å². The first-order chi connectivity index (χ1) is 7.58. The molecule has 0 aromatic carbocycles. The summed E-state index contributed by atoms with van der Waals surface area (Å²) in [5, 5.41) is 19.8. The molecular weight excluding hydrogens is 206 g/mol. The number of aliphatic hydroxyl groups is 2. The number of aliphatic hydroxyl groups excluding tert-OH is 1. The van der Waals surface area contributed by atoms with Crippen LogP contribution in [0, 0.1) is 0 Å². The lowest BCUT2D eigenvalue weighted by molar-refractivity contribution is -0.168. The van der Waals surface area contributed by atoms with Crippen molar-refractivity contribution in [2.45, 2.75) is 49.9 Å². The molecule has 0 aromatic rings. The molecule has 0 spiro atoms. The Kier molecular flexibility index (Phi) is 3.04. The lowest BCUT2D eigenvalue weighted by Gasteiger charge is -2.41. The van der Waals surface area contributed by atoms with Gasteiger partial charge in [-0.15, -0.1) is 6.58 Å². The fourth-order valence-electron chi connectivity index (χ4n) is 2.14. The summed E-state index contributed by atoms with van der Waals surface area (Å²) < 4.78 is 0. The highest BCUT2D eigenvalue weighted by Gasteiger charge is 2.48. The topological polar surface area (TPSA) is 60.8 Å². The van der Waals surface area contributed by atoms with E-state index in [1.807, 2.05) is 0 Å². The number of nitrogens with zero attached hydrogens (tertiary/aromatic N) is 1. The Morgan fingerprint density at radius 1 is 1.56 bits per heavy atom. The zero-order valence-electron chi connectivity index (χ0n) is 9.43. The van der Waals surface area contributed by atoms with Crippen LogP contribution >= 0.6 is 0 Å². The fourth-order valence-corrected chi connectivity index (χ4v) is 2.14. The monoisotopic (exact) mass is 225 g/mol. The molecule has 0 saturated heterocycles. The molecule has 2 fully saturated rings. The Morgan fingerprint density at radius 2 is 2.19 bits per heavy atom. The van der Waals surface area contributed by atoms with Crippen LogP contribution in [0.3, 0.4) is 0 Å². The molecule has 4 nitrogen and oxygen atoms in total. The Morgan fingerprint density at radius 3 is 2.56 bits per heavy atom. The Bertz CT molecular complexity index is 295. The molecule has 2 aliphatic carbocycles. The maximum absolute atomic E-state index is 12.0. The van der Waals surface area contributed by atoms with Crippen LogP contribution < -0.4 is 0 Å². The number of carbonyl (C=O) groups excluding carboxylic acids is 1. The second kappa shape index (κ2) is 4.18. The minimum absolute atomic E-state index is 0.240. The first-order valence-corrected chi connectivity index (χ1v) is 5.90. The third-order valence-corrected chi connectivity index (χ3v) is 3.56. The van der Waals surface area contributed by atoms with Crippen molar-refractivity contribution in [2.24, 2.45) is 0 Å². The SMILES string of the molecule is C=CCN(C(=O)C(O)C1(O)CCC1)C1CC1. The smallest absolute Gasteiger partial charge is 0.254 e. The minimum Gasteiger partial charge on any atom is -0.387 e. The van der Waals surface area contributed by atoms with Gasteiger partial charge in [0.05, 0.1) is 5.60 Å².